The molecule has 0 aromatic rings. The Morgan fingerprint density at radius 2 is 2.27 bits per heavy atom. The highest BCUT2D eigenvalue weighted by molar-refractivity contribution is 9.09. The van der Waals surface area contributed by atoms with Crippen molar-refractivity contribution in [3.63, 3.8) is 0 Å². The van der Waals surface area contributed by atoms with Gasteiger partial charge in [-0.15, -0.1) is 0 Å². The van der Waals surface area contributed by atoms with Crippen LogP contribution in [0.2, 0.25) is 0 Å². The molecule has 0 radical (unpaired) electrons. The van der Waals surface area contributed by atoms with E-state index in [-0.39, 0.29) is 5.78 Å². The third-order valence-corrected chi connectivity index (χ3v) is 1.64. The lowest BCUT2D eigenvalue weighted by molar-refractivity contribution is -0.112. The summed E-state index contributed by atoms with van der Waals surface area (Å²) < 4.78 is 0. The second-order valence-electron chi connectivity index (χ2n) is 1.91. The SMILES string of the molecule is C=C/C(=C\C=C/C)C(=O)CBr. The van der Waals surface area contributed by atoms with Crippen LogP contribution in [0.5, 0.6) is 0 Å². The van der Waals surface area contributed by atoms with Gasteiger partial charge in [-0.1, -0.05) is 46.8 Å². The Bertz CT molecular complexity index is 202. The van der Waals surface area contributed by atoms with E-state index in [1.165, 1.54) is 0 Å². The zero-order valence-electron chi connectivity index (χ0n) is 6.51. The lowest BCUT2D eigenvalue weighted by Crippen LogP contribution is -2.00. The van der Waals surface area contributed by atoms with Crippen LogP contribution in [0, 0.1) is 0 Å². The van der Waals surface area contributed by atoms with Crippen molar-refractivity contribution in [3.05, 3.63) is 36.5 Å². The van der Waals surface area contributed by atoms with Crippen LogP contribution in [-0.4, -0.2) is 11.1 Å². The molecule has 0 rings (SSSR count). The van der Waals surface area contributed by atoms with Crippen LogP contribution < -0.4 is 0 Å². The van der Waals surface area contributed by atoms with Crippen LogP contribution in [0.4, 0.5) is 0 Å². The molecule has 0 bridgehead atoms. The quantitative estimate of drug-likeness (QED) is 0.400. The van der Waals surface area contributed by atoms with Gasteiger partial charge in [0.15, 0.2) is 5.78 Å². The number of carbonyl (C=O) groups is 1. The fourth-order valence-electron chi connectivity index (χ4n) is 0.552. The topological polar surface area (TPSA) is 17.1 Å². The zero-order chi connectivity index (χ0) is 8.69. The molecule has 0 heterocycles. The monoisotopic (exact) mass is 214 g/mol. The number of rotatable bonds is 4. The highest BCUT2D eigenvalue weighted by Gasteiger charge is 2.00. The molecule has 0 unspecified atom stereocenters. The van der Waals surface area contributed by atoms with E-state index in [9.17, 15) is 4.79 Å². The first-order valence-corrected chi connectivity index (χ1v) is 4.43. The fraction of sp³-hybridized carbons (Fsp3) is 0.222. The zero-order valence-corrected chi connectivity index (χ0v) is 8.10. The van der Waals surface area contributed by atoms with Crippen LogP contribution in [0.15, 0.2) is 36.5 Å². The number of hydrogen-bond donors (Lipinski definition) is 0. The third kappa shape index (κ3) is 3.94. The highest BCUT2D eigenvalue weighted by Crippen LogP contribution is 2.00. The second kappa shape index (κ2) is 6.10. The van der Waals surface area contributed by atoms with E-state index in [2.05, 4.69) is 22.5 Å². The summed E-state index contributed by atoms with van der Waals surface area (Å²) in [5.41, 5.74) is 0.639. The van der Waals surface area contributed by atoms with Crippen molar-refractivity contribution >= 4 is 21.7 Å². The Kier molecular flexibility index (Phi) is 5.75. The van der Waals surface area contributed by atoms with Crippen molar-refractivity contribution in [3.8, 4) is 0 Å². The minimum absolute atomic E-state index is 0.0538. The van der Waals surface area contributed by atoms with Gasteiger partial charge in [-0.3, -0.25) is 4.79 Å². The van der Waals surface area contributed by atoms with E-state index in [0.29, 0.717) is 10.9 Å². The first-order valence-electron chi connectivity index (χ1n) is 3.30. The van der Waals surface area contributed by atoms with Gasteiger partial charge in [0.2, 0.25) is 0 Å². The van der Waals surface area contributed by atoms with E-state index >= 15 is 0 Å². The number of hydrogen-bond acceptors (Lipinski definition) is 1. The van der Waals surface area contributed by atoms with Gasteiger partial charge in [0.05, 0.1) is 5.33 Å². The number of carbonyl (C=O) groups excluding carboxylic acids is 1. The van der Waals surface area contributed by atoms with Crippen molar-refractivity contribution in [2.24, 2.45) is 0 Å². The fourth-order valence-corrected chi connectivity index (χ4v) is 0.876. The maximum atomic E-state index is 11.0. The molecule has 0 saturated heterocycles. The molecular weight excluding hydrogens is 204 g/mol. The Balaban J connectivity index is 4.38. The number of alkyl halides is 1. The first-order chi connectivity index (χ1) is 5.26. The van der Waals surface area contributed by atoms with E-state index in [4.69, 9.17) is 0 Å². The summed E-state index contributed by atoms with van der Waals surface area (Å²) in [5.74, 6) is 0.0538. The Morgan fingerprint density at radius 3 is 2.64 bits per heavy atom. The maximum absolute atomic E-state index is 11.0. The summed E-state index contributed by atoms with van der Waals surface area (Å²) in [7, 11) is 0. The summed E-state index contributed by atoms with van der Waals surface area (Å²) in [6, 6.07) is 0. The summed E-state index contributed by atoms with van der Waals surface area (Å²) in [4.78, 5) is 11.0. The van der Waals surface area contributed by atoms with Crippen LogP contribution in [0.3, 0.4) is 0 Å². The highest BCUT2D eigenvalue weighted by atomic mass is 79.9. The van der Waals surface area contributed by atoms with Crippen LogP contribution in [0.25, 0.3) is 0 Å². The van der Waals surface area contributed by atoms with Gasteiger partial charge in [0.25, 0.3) is 0 Å². The molecule has 0 aliphatic rings. The minimum Gasteiger partial charge on any atom is -0.293 e. The summed E-state index contributed by atoms with van der Waals surface area (Å²) in [6.45, 7) is 5.44. The number of halogens is 1. The molecule has 0 aromatic carbocycles. The first kappa shape index (κ1) is 10.4. The van der Waals surface area contributed by atoms with Gasteiger partial charge in [0.1, 0.15) is 0 Å². The Hall–Kier alpha value is -0.630. The second-order valence-corrected chi connectivity index (χ2v) is 2.47. The van der Waals surface area contributed by atoms with Crippen molar-refractivity contribution in [1.82, 2.24) is 0 Å². The van der Waals surface area contributed by atoms with Gasteiger partial charge in [0, 0.05) is 5.57 Å². The van der Waals surface area contributed by atoms with Crippen LogP contribution in [0.1, 0.15) is 6.92 Å². The lowest BCUT2D eigenvalue weighted by atomic mass is 10.2. The molecule has 0 N–H and O–H groups in total. The third-order valence-electron chi connectivity index (χ3n) is 1.13. The molecule has 0 saturated carbocycles. The Labute approximate surface area is 75.6 Å². The Morgan fingerprint density at radius 1 is 1.64 bits per heavy atom. The van der Waals surface area contributed by atoms with Crippen molar-refractivity contribution < 1.29 is 4.79 Å². The van der Waals surface area contributed by atoms with E-state index < -0.39 is 0 Å². The van der Waals surface area contributed by atoms with Gasteiger partial charge in [-0.05, 0) is 6.92 Å². The van der Waals surface area contributed by atoms with Crippen LogP contribution in [-0.2, 0) is 4.79 Å². The van der Waals surface area contributed by atoms with Crippen molar-refractivity contribution in [1.29, 1.82) is 0 Å². The van der Waals surface area contributed by atoms with E-state index in [0.717, 1.165) is 0 Å². The molecule has 11 heavy (non-hydrogen) atoms. The van der Waals surface area contributed by atoms with E-state index in [1.54, 1.807) is 12.2 Å². The number of ketones is 1. The van der Waals surface area contributed by atoms with Crippen molar-refractivity contribution in [2.75, 3.05) is 5.33 Å². The molecule has 0 aromatic heterocycles. The average molecular weight is 215 g/mol. The normalized spacial score (nSPS) is 12.0. The minimum atomic E-state index is 0.0538. The number of Topliss-reactive ketones (excluding diaryl/α,β-unsaturated/α-hetero) is 1. The average Bonchev–Trinajstić information content (AvgIpc) is 2.05. The summed E-state index contributed by atoms with van der Waals surface area (Å²) in [5, 5.41) is 0.350. The number of allylic oxidation sites excluding steroid dienone is 5. The standard InChI is InChI=1S/C9H11BrO/c1-3-5-6-8(4-2)9(11)7-10/h3-6H,2,7H2,1H3/b5-3-,8-6+. The smallest absolute Gasteiger partial charge is 0.173 e. The largest absolute Gasteiger partial charge is 0.293 e. The molecule has 0 spiro atoms. The molecule has 0 aliphatic carbocycles. The predicted molar refractivity (Wildman–Crippen MR) is 51.9 cm³/mol. The maximum Gasteiger partial charge on any atom is 0.173 e. The molecule has 0 atom stereocenters. The molecular formula is C9H11BrO. The van der Waals surface area contributed by atoms with Crippen molar-refractivity contribution in [2.45, 2.75) is 6.92 Å². The van der Waals surface area contributed by atoms with Gasteiger partial charge in [-0.2, -0.15) is 0 Å². The summed E-state index contributed by atoms with van der Waals surface area (Å²) in [6.07, 6.45) is 6.99. The molecule has 0 aliphatic heterocycles. The molecule has 2 heteroatoms. The van der Waals surface area contributed by atoms with Gasteiger partial charge in [-0.25, -0.2) is 0 Å². The van der Waals surface area contributed by atoms with Gasteiger partial charge < -0.3 is 0 Å². The molecule has 60 valence electrons. The lowest BCUT2D eigenvalue weighted by Gasteiger charge is -1.93. The predicted octanol–water partition coefficient (Wildman–Crippen LogP) is 2.64. The van der Waals surface area contributed by atoms with Gasteiger partial charge >= 0.3 is 0 Å². The molecule has 0 fully saturated rings. The van der Waals surface area contributed by atoms with Crippen LogP contribution >= 0.6 is 15.9 Å². The molecule has 1 nitrogen and oxygen atoms in total. The molecule has 0 amide bonds. The van der Waals surface area contributed by atoms with E-state index in [1.807, 2.05) is 19.1 Å². The summed E-state index contributed by atoms with van der Waals surface area (Å²) >= 11 is 3.09.